The highest BCUT2D eigenvalue weighted by Crippen LogP contribution is 2.47. The fourth-order valence-corrected chi connectivity index (χ4v) is 4.70. The van der Waals surface area contributed by atoms with Gasteiger partial charge < -0.3 is 0 Å². The molecule has 1 aromatic carbocycles. The van der Waals surface area contributed by atoms with Crippen LogP contribution in [0.5, 0.6) is 0 Å². The van der Waals surface area contributed by atoms with Crippen LogP contribution in [0.4, 0.5) is 0 Å². The summed E-state index contributed by atoms with van der Waals surface area (Å²) < 4.78 is 0. The molecular formula is C21H30. The second-order valence-electron chi connectivity index (χ2n) is 7.22. The van der Waals surface area contributed by atoms with Crippen LogP contribution in [0.3, 0.4) is 0 Å². The SMILES string of the molecule is CC=CC1CCC2CC(c3ccc(CC)cc3)CCC2C1. The van der Waals surface area contributed by atoms with Gasteiger partial charge in [0.15, 0.2) is 0 Å². The Labute approximate surface area is 130 Å². The number of rotatable bonds is 3. The maximum absolute atomic E-state index is 2.45. The smallest absolute Gasteiger partial charge is 0.0159 e. The van der Waals surface area contributed by atoms with Crippen LogP contribution in [0.2, 0.25) is 0 Å². The Morgan fingerprint density at radius 1 is 0.952 bits per heavy atom. The molecule has 0 amide bonds. The van der Waals surface area contributed by atoms with E-state index in [0.717, 1.165) is 30.1 Å². The Hall–Kier alpha value is -1.04. The monoisotopic (exact) mass is 282 g/mol. The van der Waals surface area contributed by atoms with Gasteiger partial charge in [0, 0.05) is 0 Å². The third-order valence-corrected chi connectivity index (χ3v) is 5.98. The van der Waals surface area contributed by atoms with Crippen LogP contribution in [-0.4, -0.2) is 0 Å². The molecule has 0 N–H and O–H groups in total. The average Bonchev–Trinajstić information content (AvgIpc) is 2.55. The maximum Gasteiger partial charge on any atom is -0.0159 e. The van der Waals surface area contributed by atoms with Crippen molar-refractivity contribution in [1.29, 1.82) is 0 Å². The van der Waals surface area contributed by atoms with Crippen LogP contribution in [0.15, 0.2) is 36.4 Å². The Balaban J connectivity index is 1.62. The van der Waals surface area contributed by atoms with Gasteiger partial charge in [-0.25, -0.2) is 0 Å². The molecule has 3 rings (SSSR count). The zero-order valence-electron chi connectivity index (χ0n) is 13.7. The molecule has 0 heteroatoms. The third kappa shape index (κ3) is 3.42. The maximum atomic E-state index is 2.45. The molecule has 0 nitrogen and oxygen atoms in total. The topological polar surface area (TPSA) is 0 Å². The van der Waals surface area contributed by atoms with Crippen molar-refractivity contribution in [2.75, 3.05) is 0 Å². The molecule has 0 bridgehead atoms. The molecule has 114 valence electrons. The zero-order chi connectivity index (χ0) is 14.7. The molecule has 2 aliphatic rings. The Kier molecular flexibility index (Phi) is 4.83. The van der Waals surface area contributed by atoms with Crippen LogP contribution in [0, 0.1) is 17.8 Å². The molecule has 2 fully saturated rings. The Morgan fingerprint density at radius 2 is 1.67 bits per heavy atom. The summed E-state index contributed by atoms with van der Waals surface area (Å²) in [5.74, 6) is 3.70. The first kappa shape index (κ1) is 14.9. The van der Waals surface area contributed by atoms with Gasteiger partial charge in [-0.15, -0.1) is 0 Å². The number of allylic oxidation sites excluding steroid dienone is 2. The summed E-state index contributed by atoms with van der Waals surface area (Å²) in [5, 5.41) is 0. The number of fused-ring (bicyclic) bond motifs is 1. The molecule has 1 aromatic rings. The summed E-state index contributed by atoms with van der Waals surface area (Å²) in [6.07, 6.45) is 14.5. The van der Waals surface area contributed by atoms with Gasteiger partial charge in [0.2, 0.25) is 0 Å². The summed E-state index contributed by atoms with van der Waals surface area (Å²) in [5.41, 5.74) is 3.07. The van der Waals surface area contributed by atoms with Gasteiger partial charge in [0.25, 0.3) is 0 Å². The summed E-state index contributed by atoms with van der Waals surface area (Å²) in [4.78, 5) is 0. The van der Waals surface area contributed by atoms with Crippen molar-refractivity contribution in [2.24, 2.45) is 17.8 Å². The lowest BCUT2D eigenvalue weighted by Gasteiger charge is -2.41. The lowest BCUT2D eigenvalue weighted by molar-refractivity contribution is 0.133. The summed E-state index contributed by atoms with van der Waals surface area (Å²) in [7, 11) is 0. The minimum atomic E-state index is 0.829. The molecular weight excluding hydrogens is 252 g/mol. The molecule has 0 heterocycles. The summed E-state index contributed by atoms with van der Waals surface area (Å²) >= 11 is 0. The molecule has 0 aromatic heterocycles. The normalized spacial score (nSPS) is 33.0. The van der Waals surface area contributed by atoms with Crippen LogP contribution in [-0.2, 0) is 6.42 Å². The molecule has 2 saturated carbocycles. The van der Waals surface area contributed by atoms with Gasteiger partial charge in [-0.1, -0.05) is 43.3 Å². The standard InChI is InChI=1S/C21H30/c1-3-5-17-8-11-21-15-20(13-12-19(21)14-17)18-9-6-16(4-2)7-10-18/h3,5-7,9-10,17,19-21H,4,8,11-15H2,1-2H3. The largest absolute Gasteiger partial charge is 0.0914 e. The lowest BCUT2D eigenvalue weighted by atomic mass is 9.64. The molecule has 4 unspecified atom stereocenters. The van der Waals surface area contributed by atoms with Crippen LogP contribution >= 0.6 is 0 Å². The van der Waals surface area contributed by atoms with Crippen molar-refractivity contribution in [3.8, 4) is 0 Å². The predicted octanol–water partition coefficient (Wildman–Crippen LogP) is 6.13. The molecule has 2 aliphatic carbocycles. The van der Waals surface area contributed by atoms with Crippen LogP contribution in [0.1, 0.15) is 69.4 Å². The zero-order valence-corrected chi connectivity index (χ0v) is 13.7. The number of hydrogen-bond donors (Lipinski definition) is 0. The van der Waals surface area contributed by atoms with E-state index in [1.54, 1.807) is 5.56 Å². The highest BCUT2D eigenvalue weighted by Gasteiger charge is 2.35. The first-order chi connectivity index (χ1) is 10.3. The van der Waals surface area contributed by atoms with Gasteiger partial charge in [0.05, 0.1) is 0 Å². The minimum absolute atomic E-state index is 0.829. The second kappa shape index (κ2) is 6.81. The van der Waals surface area contributed by atoms with Crippen molar-refractivity contribution in [2.45, 2.75) is 64.7 Å². The van der Waals surface area contributed by atoms with E-state index >= 15 is 0 Å². The van der Waals surface area contributed by atoms with Crippen molar-refractivity contribution >= 4 is 0 Å². The third-order valence-electron chi connectivity index (χ3n) is 5.98. The lowest BCUT2D eigenvalue weighted by Crippen LogP contribution is -2.30. The predicted molar refractivity (Wildman–Crippen MR) is 91.5 cm³/mol. The number of hydrogen-bond acceptors (Lipinski definition) is 0. The fourth-order valence-electron chi connectivity index (χ4n) is 4.70. The van der Waals surface area contributed by atoms with Crippen LogP contribution < -0.4 is 0 Å². The summed E-state index contributed by atoms with van der Waals surface area (Å²) in [6, 6.07) is 9.47. The minimum Gasteiger partial charge on any atom is -0.0914 e. The summed E-state index contributed by atoms with van der Waals surface area (Å²) in [6.45, 7) is 4.41. The van der Waals surface area contributed by atoms with E-state index in [4.69, 9.17) is 0 Å². The second-order valence-corrected chi connectivity index (χ2v) is 7.22. The van der Waals surface area contributed by atoms with E-state index < -0.39 is 0 Å². The molecule has 0 saturated heterocycles. The van der Waals surface area contributed by atoms with Crippen molar-refractivity contribution in [3.05, 3.63) is 47.5 Å². The van der Waals surface area contributed by atoms with E-state index in [9.17, 15) is 0 Å². The van der Waals surface area contributed by atoms with E-state index in [0.29, 0.717) is 0 Å². The molecule has 21 heavy (non-hydrogen) atoms. The van der Waals surface area contributed by atoms with E-state index in [-0.39, 0.29) is 0 Å². The van der Waals surface area contributed by atoms with Gasteiger partial charge in [-0.05, 0) is 86.7 Å². The van der Waals surface area contributed by atoms with Crippen molar-refractivity contribution in [3.63, 3.8) is 0 Å². The molecule has 0 radical (unpaired) electrons. The first-order valence-corrected chi connectivity index (χ1v) is 9.01. The fraction of sp³-hybridized carbons (Fsp3) is 0.619. The highest BCUT2D eigenvalue weighted by molar-refractivity contribution is 5.26. The van der Waals surface area contributed by atoms with Crippen molar-refractivity contribution in [1.82, 2.24) is 0 Å². The van der Waals surface area contributed by atoms with Gasteiger partial charge >= 0.3 is 0 Å². The number of benzene rings is 1. The highest BCUT2D eigenvalue weighted by atomic mass is 14.4. The number of aryl methyl sites for hydroxylation is 1. The van der Waals surface area contributed by atoms with Crippen LogP contribution in [0.25, 0.3) is 0 Å². The quantitative estimate of drug-likeness (QED) is 0.585. The molecule has 0 aliphatic heterocycles. The van der Waals surface area contributed by atoms with Gasteiger partial charge in [-0.3, -0.25) is 0 Å². The first-order valence-electron chi connectivity index (χ1n) is 9.01. The van der Waals surface area contributed by atoms with E-state index in [1.807, 2.05) is 0 Å². The van der Waals surface area contributed by atoms with Crippen molar-refractivity contribution < 1.29 is 0 Å². The van der Waals surface area contributed by atoms with E-state index in [1.165, 1.54) is 44.1 Å². The Bertz CT molecular complexity index is 467. The van der Waals surface area contributed by atoms with E-state index in [2.05, 4.69) is 50.3 Å². The average molecular weight is 282 g/mol. The van der Waals surface area contributed by atoms with Gasteiger partial charge in [0.1, 0.15) is 0 Å². The Morgan fingerprint density at radius 3 is 2.38 bits per heavy atom. The van der Waals surface area contributed by atoms with Gasteiger partial charge in [-0.2, -0.15) is 0 Å². The molecule has 0 spiro atoms. The molecule has 4 atom stereocenters.